The number of halogens is 2. The standard InChI is InChI=1S/C21H26ClFN2O7/c1-6-12(24-20(29)31-8-3)9-17(26)25-16-10-13(14(22)11-15(16)23)18(27)32-21(4,5)19(28)30-7-2/h10-11H,6-9H2,1-5H3,(H,25,26). The fourth-order valence-electron chi connectivity index (χ4n) is 2.34. The normalized spacial score (nSPS) is 11.5. The first-order chi connectivity index (χ1) is 14.9. The smallest absolute Gasteiger partial charge is 0.433 e. The minimum absolute atomic E-state index is 0.0898. The van der Waals surface area contributed by atoms with Crippen LogP contribution in [0.3, 0.4) is 0 Å². The van der Waals surface area contributed by atoms with E-state index in [2.05, 4.69) is 10.3 Å². The summed E-state index contributed by atoms with van der Waals surface area (Å²) in [5.41, 5.74) is -2.00. The molecule has 0 saturated carbocycles. The number of esters is 2. The van der Waals surface area contributed by atoms with E-state index in [1.807, 2.05) is 0 Å². The molecule has 0 heterocycles. The molecule has 0 aliphatic heterocycles. The van der Waals surface area contributed by atoms with E-state index >= 15 is 0 Å². The summed E-state index contributed by atoms with van der Waals surface area (Å²) in [7, 11) is 0. The number of carbonyl (C=O) groups is 4. The van der Waals surface area contributed by atoms with Crippen LogP contribution in [-0.2, 0) is 23.8 Å². The molecule has 0 aliphatic carbocycles. The molecule has 1 rings (SSSR count). The first-order valence-corrected chi connectivity index (χ1v) is 10.3. The van der Waals surface area contributed by atoms with Gasteiger partial charge in [0.2, 0.25) is 11.5 Å². The average molecular weight is 473 g/mol. The van der Waals surface area contributed by atoms with E-state index in [0.717, 1.165) is 12.1 Å². The summed E-state index contributed by atoms with van der Waals surface area (Å²) in [6.07, 6.45) is -0.841. The Morgan fingerprint density at radius 3 is 2.28 bits per heavy atom. The molecule has 1 aromatic rings. The second-order valence-corrected chi connectivity index (χ2v) is 7.29. The van der Waals surface area contributed by atoms with Gasteiger partial charge in [-0.25, -0.2) is 18.8 Å². The second kappa shape index (κ2) is 12.1. The van der Waals surface area contributed by atoms with Gasteiger partial charge in [-0.3, -0.25) is 4.79 Å². The first-order valence-electron chi connectivity index (χ1n) is 9.87. The zero-order valence-corrected chi connectivity index (χ0v) is 19.3. The van der Waals surface area contributed by atoms with E-state index < -0.39 is 35.4 Å². The zero-order chi connectivity index (χ0) is 24.5. The number of anilines is 1. The molecule has 1 N–H and O–H groups in total. The third-order valence-electron chi connectivity index (χ3n) is 3.96. The molecule has 0 aromatic heterocycles. The summed E-state index contributed by atoms with van der Waals surface area (Å²) in [4.78, 5) is 51.9. The lowest BCUT2D eigenvalue weighted by Crippen LogP contribution is -2.38. The van der Waals surface area contributed by atoms with E-state index in [1.165, 1.54) is 13.8 Å². The number of carbonyl (C=O) groups excluding carboxylic acids is 4. The quantitative estimate of drug-likeness (QED) is 0.323. The fraction of sp³-hybridized carbons (Fsp3) is 0.476. The topological polar surface area (TPSA) is 120 Å². The van der Waals surface area contributed by atoms with Crippen LogP contribution in [0.4, 0.5) is 14.9 Å². The third-order valence-corrected chi connectivity index (χ3v) is 4.27. The predicted octanol–water partition coefficient (Wildman–Crippen LogP) is 4.31. The van der Waals surface area contributed by atoms with Crippen molar-refractivity contribution in [3.63, 3.8) is 0 Å². The van der Waals surface area contributed by atoms with E-state index in [1.54, 1.807) is 20.8 Å². The average Bonchev–Trinajstić information content (AvgIpc) is 2.69. The van der Waals surface area contributed by atoms with Gasteiger partial charge in [-0.1, -0.05) is 18.5 Å². The van der Waals surface area contributed by atoms with Crippen molar-refractivity contribution in [1.29, 1.82) is 0 Å². The zero-order valence-electron chi connectivity index (χ0n) is 18.5. The minimum Gasteiger partial charge on any atom is -0.463 e. The SMILES string of the molecule is CCOC(=O)N=C(CC)CC(=O)Nc1cc(C(=O)OC(C)(C)C(=O)OCC)c(Cl)cc1F. The maximum Gasteiger partial charge on any atom is 0.433 e. The first kappa shape index (κ1) is 27.0. The van der Waals surface area contributed by atoms with Crippen molar-refractivity contribution in [3.05, 3.63) is 28.5 Å². The van der Waals surface area contributed by atoms with Gasteiger partial charge in [-0.15, -0.1) is 0 Å². The largest absolute Gasteiger partial charge is 0.463 e. The van der Waals surface area contributed by atoms with Crippen LogP contribution in [0.2, 0.25) is 5.02 Å². The van der Waals surface area contributed by atoms with Gasteiger partial charge in [0.25, 0.3) is 0 Å². The fourth-order valence-corrected chi connectivity index (χ4v) is 2.57. The number of hydrogen-bond donors (Lipinski definition) is 1. The van der Waals surface area contributed by atoms with Gasteiger partial charge in [-0.05, 0) is 46.2 Å². The molecule has 0 radical (unpaired) electrons. The second-order valence-electron chi connectivity index (χ2n) is 6.89. The lowest BCUT2D eigenvalue weighted by Gasteiger charge is -2.23. The molecular weight excluding hydrogens is 447 g/mol. The molecule has 0 saturated heterocycles. The van der Waals surface area contributed by atoms with Gasteiger partial charge >= 0.3 is 18.0 Å². The number of nitrogens with one attached hydrogen (secondary N) is 1. The molecule has 0 unspecified atom stereocenters. The van der Waals surface area contributed by atoms with Crippen molar-refractivity contribution in [3.8, 4) is 0 Å². The molecule has 176 valence electrons. The Balaban J connectivity index is 3.04. The van der Waals surface area contributed by atoms with Crippen LogP contribution >= 0.6 is 11.6 Å². The molecule has 2 amide bonds. The highest BCUT2D eigenvalue weighted by atomic mass is 35.5. The van der Waals surface area contributed by atoms with Gasteiger partial charge in [-0.2, -0.15) is 4.99 Å². The summed E-state index contributed by atoms with van der Waals surface area (Å²) >= 11 is 5.96. The van der Waals surface area contributed by atoms with Crippen molar-refractivity contribution in [2.75, 3.05) is 18.5 Å². The molecule has 11 heteroatoms. The molecule has 0 spiro atoms. The number of nitrogens with zero attached hydrogens (tertiary/aromatic N) is 1. The monoisotopic (exact) mass is 472 g/mol. The minimum atomic E-state index is -1.62. The maximum absolute atomic E-state index is 14.3. The molecule has 0 atom stereocenters. The highest BCUT2D eigenvalue weighted by Crippen LogP contribution is 2.27. The third kappa shape index (κ3) is 7.92. The number of ether oxygens (including phenoxy) is 3. The van der Waals surface area contributed by atoms with E-state index in [-0.39, 0.29) is 48.0 Å². The summed E-state index contributed by atoms with van der Waals surface area (Å²) in [5.74, 6) is -3.36. The number of rotatable bonds is 9. The Bertz CT molecular complexity index is 916. The van der Waals surface area contributed by atoms with Crippen LogP contribution in [0.5, 0.6) is 0 Å². The molecule has 32 heavy (non-hydrogen) atoms. The number of hydrogen-bond acceptors (Lipinski definition) is 7. The maximum atomic E-state index is 14.3. The summed E-state index contributed by atoms with van der Waals surface area (Å²) in [6.45, 7) is 7.79. The highest BCUT2D eigenvalue weighted by Gasteiger charge is 2.34. The van der Waals surface area contributed by atoms with E-state index in [0.29, 0.717) is 0 Å². The van der Waals surface area contributed by atoms with Crippen LogP contribution in [0, 0.1) is 5.82 Å². The van der Waals surface area contributed by atoms with Gasteiger partial charge in [0.05, 0.1) is 35.9 Å². The van der Waals surface area contributed by atoms with Crippen molar-refractivity contribution in [2.24, 2.45) is 4.99 Å². The Morgan fingerprint density at radius 1 is 1.09 bits per heavy atom. The molecule has 0 bridgehead atoms. The molecular formula is C21H26ClFN2O7. The van der Waals surface area contributed by atoms with Crippen molar-refractivity contribution in [2.45, 2.75) is 53.1 Å². The van der Waals surface area contributed by atoms with Crippen molar-refractivity contribution >= 4 is 46.9 Å². The van der Waals surface area contributed by atoms with Crippen LogP contribution in [0.25, 0.3) is 0 Å². The summed E-state index contributed by atoms with van der Waals surface area (Å²) in [5, 5.41) is 2.03. The molecule has 1 aromatic carbocycles. The van der Waals surface area contributed by atoms with Gasteiger partial charge in [0, 0.05) is 5.71 Å². The van der Waals surface area contributed by atoms with Gasteiger partial charge in [0.1, 0.15) is 5.82 Å². The summed E-state index contributed by atoms with van der Waals surface area (Å²) in [6, 6.07) is 1.83. The van der Waals surface area contributed by atoms with Crippen LogP contribution in [-0.4, -0.2) is 48.5 Å². The van der Waals surface area contributed by atoms with Crippen LogP contribution in [0.1, 0.15) is 57.8 Å². The summed E-state index contributed by atoms with van der Waals surface area (Å²) < 4.78 is 29.0. The Hall–Kier alpha value is -3.01. The number of amides is 2. The van der Waals surface area contributed by atoms with Crippen LogP contribution in [0.15, 0.2) is 17.1 Å². The molecule has 9 nitrogen and oxygen atoms in total. The van der Waals surface area contributed by atoms with Crippen molar-refractivity contribution < 1.29 is 37.8 Å². The van der Waals surface area contributed by atoms with Gasteiger partial charge < -0.3 is 19.5 Å². The van der Waals surface area contributed by atoms with E-state index in [4.69, 9.17) is 25.8 Å². The molecule has 0 aliphatic rings. The van der Waals surface area contributed by atoms with E-state index in [9.17, 15) is 23.6 Å². The Morgan fingerprint density at radius 2 is 1.72 bits per heavy atom. The lowest BCUT2D eigenvalue weighted by atomic mass is 10.1. The Labute approximate surface area is 190 Å². The predicted molar refractivity (Wildman–Crippen MR) is 116 cm³/mol. The van der Waals surface area contributed by atoms with Gasteiger partial charge in [0.15, 0.2) is 0 Å². The Kier molecular flexibility index (Phi) is 10.2. The highest BCUT2D eigenvalue weighted by molar-refractivity contribution is 6.33. The van der Waals surface area contributed by atoms with Crippen molar-refractivity contribution in [1.82, 2.24) is 0 Å². The number of aliphatic imine (C=N–C) groups is 1. The van der Waals surface area contributed by atoms with Crippen LogP contribution < -0.4 is 5.32 Å². The number of benzene rings is 1. The molecule has 0 fully saturated rings. The lowest BCUT2D eigenvalue weighted by molar-refractivity contribution is -0.162.